The monoisotopic (exact) mass is 313 g/mol. The number of nitrogens with zero attached hydrogens (tertiary/aromatic N) is 2. The normalized spacial score (nSPS) is 13.4. The first-order chi connectivity index (χ1) is 10.9. The molecular formula is C16H15N3O4. The molecule has 1 aliphatic heterocycles. The van der Waals surface area contributed by atoms with E-state index in [1.807, 2.05) is 0 Å². The van der Waals surface area contributed by atoms with Gasteiger partial charge in [-0.05, 0) is 32.0 Å². The molecule has 0 fully saturated rings. The SMILES string of the molecule is Cc1noc(C)c1CC(=O)Nc1ccc2c(c1)C(=O)N(C)C2=O. The number of imide groups is 1. The Hall–Kier alpha value is -2.96. The van der Waals surface area contributed by atoms with Crippen LogP contribution < -0.4 is 5.32 Å². The summed E-state index contributed by atoms with van der Waals surface area (Å²) in [6, 6.07) is 4.67. The third kappa shape index (κ3) is 2.50. The lowest BCUT2D eigenvalue weighted by Crippen LogP contribution is -2.24. The quantitative estimate of drug-likeness (QED) is 0.871. The number of hydrogen-bond acceptors (Lipinski definition) is 5. The van der Waals surface area contributed by atoms with E-state index in [1.54, 1.807) is 26.0 Å². The molecule has 0 saturated carbocycles. The van der Waals surface area contributed by atoms with Gasteiger partial charge in [0, 0.05) is 18.3 Å². The molecule has 0 unspecified atom stereocenters. The molecule has 7 nitrogen and oxygen atoms in total. The number of benzene rings is 1. The molecule has 2 aromatic rings. The maximum absolute atomic E-state index is 12.2. The summed E-state index contributed by atoms with van der Waals surface area (Å²) in [6.45, 7) is 3.52. The van der Waals surface area contributed by atoms with Gasteiger partial charge in [0.1, 0.15) is 5.76 Å². The molecule has 3 rings (SSSR count). The van der Waals surface area contributed by atoms with Crippen LogP contribution in [0, 0.1) is 13.8 Å². The van der Waals surface area contributed by atoms with Gasteiger partial charge in [-0.3, -0.25) is 19.3 Å². The molecule has 0 saturated heterocycles. The molecule has 23 heavy (non-hydrogen) atoms. The third-order valence-electron chi connectivity index (χ3n) is 3.89. The summed E-state index contributed by atoms with van der Waals surface area (Å²) in [4.78, 5) is 37.0. The topological polar surface area (TPSA) is 92.5 Å². The van der Waals surface area contributed by atoms with Crippen LogP contribution in [0.2, 0.25) is 0 Å². The first-order valence-electron chi connectivity index (χ1n) is 7.06. The number of fused-ring (bicyclic) bond motifs is 1. The van der Waals surface area contributed by atoms with Gasteiger partial charge in [0.05, 0.1) is 23.2 Å². The van der Waals surface area contributed by atoms with Crippen LogP contribution in [0.3, 0.4) is 0 Å². The molecule has 7 heteroatoms. The average Bonchev–Trinajstić information content (AvgIpc) is 2.94. The van der Waals surface area contributed by atoms with E-state index in [-0.39, 0.29) is 24.1 Å². The standard InChI is InChI=1S/C16H15N3O4/c1-8-12(9(2)23-18-8)7-14(20)17-10-4-5-11-13(6-10)16(22)19(3)15(11)21/h4-6H,7H2,1-3H3,(H,17,20). The van der Waals surface area contributed by atoms with Gasteiger partial charge in [-0.25, -0.2) is 0 Å². The maximum atomic E-state index is 12.2. The molecule has 0 aliphatic carbocycles. The summed E-state index contributed by atoms with van der Waals surface area (Å²) in [7, 11) is 1.43. The third-order valence-corrected chi connectivity index (χ3v) is 3.89. The Morgan fingerprint density at radius 1 is 1.22 bits per heavy atom. The number of hydrogen-bond donors (Lipinski definition) is 1. The van der Waals surface area contributed by atoms with Gasteiger partial charge in [0.25, 0.3) is 11.8 Å². The molecule has 1 aromatic heterocycles. The molecule has 1 aliphatic rings. The number of aryl methyl sites for hydroxylation is 2. The van der Waals surface area contributed by atoms with Crippen LogP contribution in [0.1, 0.15) is 37.7 Å². The number of aromatic nitrogens is 1. The smallest absolute Gasteiger partial charge is 0.261 e. The summed E-state index contributed by atoms with van der Waals surface area (Å²) in [5.41, 5.74) is 2.54. The number of anilines is 1. The second-order valence-corrected chi connectivity index (χ2v) is 5.46. The van der Waals surface area contributed by atoms with Crippen molar-refractivity contribution in [3.8, 4) is 0 Å². The van der Waals surface area contributed by atoms with Crippen molar-refractivity contribution in [2.24, 2.45) is 0 Å². The molecule has 1 N–H and O–H groups in total. The number of amides is 3. The van der Waals surface area contributed by atoms with Gasteiger partial charge in [0.2, 0.25) is 5.91 Å². The molecule has 1 aromatic carbocycles. The lowest BCUT2D eigenvalue weighted by atomic mass is 10.1. The zero-order chi connectivity index (χ0) is 16.7. The summed E-state index contributed by atoms with van der Waals surface area (Å²) in [5.74, 6) is -0.344. The highest BCUT2D eigenvalue weighted by molar-refractivity contribution is 6.21. The van der Waals surface area contributed by atoms with Crippen molar-refractivity contribution in [2.45, 2.75) is 20.3 Å². The minimum Gasteiger partial charge on any atom is -0.361 e. The highest BCUT2D eigenvalue weighted by atomic mass is 16.5. The van der Waals surface area contributed by atoms with Crippen molar-refractivity contribution in [1.82, 2.24) is 10.1 Å². The minimum atomic E-state index is -0.369. The van der Waals surface area contributed by atoms with E-state index in [1.165, 1.54) is 13.1 Å². The highest BCUT2D eigenvalue weighted by Crippen LogP contribution is 2.25. The maximum Gasteiger partial charge on any atom is 0.261 e. The predicted octanol–water partition coefficient (Wildman–Crippen LogP) is 1.70. The van der Waals surface area contributed by atoms with E-state index >= 15 is 0 Å². The van der Waals surface area contributed by atoms with Crippen molar-refractivity contribution in [1.29, 1.82) is 0 Å². The van der Waals surface area contributed by atoms with Crippen molar-refractivity contribution in [3.05, 3.63) is 46.3 Å². The van der Waals surface area contributed by atoms with Crippen LogP contribution >= 0.6 is 0 Å². The first kappa shape index (κ1) is 15.0. The van der Waals surface area contributed by atoms with E-state index in [0.29, 0.717) is 28.3 Å². The van der Waals surface area contributed by atoms with Crippen LogP contribution in [0.15, 0.2) is 22.7 Å². The fourth-order valence-corrected chi connectivity index (χ4v) is 2.56. The number of rotatable bonds is 3. The molecule has 0 spiro atoms. The molecular weight excluding hydrogens is 298 g/mol. The zero-order valence-electron chi connectivity index (χ0n) is 13.0. The number of carbonyl (C=O) groups is 3. The van der Waals surface area contributed by atoms with Gasteiger partial charge in [0.15, 0.2) is 0 Å². The van der Waals surface area contributed by atoms with E-state index in [0.717, 1.165) is 10.5 Å². The Bertz CT molecular complexity index is 818. The van der Waals surface area contributed by atoms with E-state index in [4.69, 9.17) is 4.52 Å². The largest absolute Gasteiger partial charge is 0.361 e. The molecule has 118 valence electrons. The fourth-order valence-electron chi connectivity index (χ4n) is 2.56. The zero-order valence-corrected chi connectivity index (χ0v) is 13.0. The second kappa shape index (κ2) is 5.35. The second-order valence-electron chi connectivity index (χ2n) is 5.46. The Labute approximate surface area is 132 Å². The van der Waals surface area contributed by atoms with Crippen LogP contribution in [-0.4, -0.2) is 34.8 Å². The molecule has 3 amide bonds. The van der Waals surface area contributed by atoms with Gasteiger partial charge < -0.3 is 9.84 Å². The summed E-state index contributed by atoms with van der Waals surface area (Å²) >= 11 is 0. The number of nitrogens with one attached hydrogen (secondary N) is 1. The Morgan fingerprint density at radius 3 is 2.57 bits per heavy atom. The van der Waals surface area contributed by atoms with Crippen LogP contribution in [0.5, 0.6) is 0 Å². The van der Waals surface area contributed by atoms with Crippen molar-refractivity contribution in [2.75, 3.05) is 12.4 Å². The fraction of sp³-hybridized carbons (Fsp3) is 0.250. The summed E-state index contributed by atoms with van der Waals surface area (Å²) < 4.78 is 5.03. The molecule has 0 bridgehead atoms. The van der Waals surface area contributed by atoms with E-state index in [9.17, 15) is 14.4 Å². The van der Waals surface area contributed by atoms with Crippen molar-refractivity contribution < 1.29 is 18.9 Å². The lowest BCUT2D eigenvalue weighted by molar-refractivity contribution is -0.115. The first-order valence-corrected chi connectivity index (χ1v) is 7.06. The predicted molar refractivity (Wildman–Crippen MR) is 81.2 cm³/mol. The average molecular weight is 313 g/mol. The van der Waals surface area contributed by atoms with Crippen LogP contribution in [0.4, 0.5) is 5.69 Å². The minimum absolute atomic E-state index is 0.130. The molecule has 0 atom stereocenters. The lowest BCUT2D eigenvalue weighted by Gasteiger charge is -2.06. The highest BCUT2D eigenvalue weighted by Gasteiger charge is 2.32. The molecule has 2 heterocycles. The molecule has 0 radical (unpaired) electrons. The van der Waals surface area contributed by atoms with E-state index in [2.05, 4.69) is 10.5 Å². The van der Waals surface area contributed by atoms with Crippen molar-refractivity contribution in [3.63, 3.8) is 0 Å². The number of carbonyl (C=O) groups excluding carboxylic acids is 3. The van der Waals surface area contributed by atoms with Crippen LogP contribution in [-0.2, 0) is 11.2 Å². The van der Waals surface area contributed by atoms with Gasteiger partial charge in [-0.1, -0.05) is 5.16 Å². The van der Waals surface area contributed by atoms with Crippen LogP contribution in [0.25, 0.3) is 0 Å². The van der Waals surface area contributed by atoms with E-state index < -0.39 is 0 Å². The van der Waals surface area contributed by atoms with Gasteiger partial charge >= 0.3 is 0 Å². The summed E-state index contributed by atoms with van der Waals surface area (Å²) in [6.07, 6.45) is 0.130. The Morgan fingerprint density at radius 2 is 1.91 bits per heavy atom. The van der Waals surface area contributed by atoms with Crippen molar-refractivity contribution >= 4 is 23.4 Å². The Balaban J connectivity index is 1.78. The Kier molecular flexibility index (Phi) is 3.48. The summed E-state index contributed by atoms with van der Waals surface area (Å²) in [5, 5.41) is 6.53. The van der Waals surface area contributed by atoms with Gasteiger partial charge in [-0.15, -0.1) is 0 Å². The van der Waals surface area contributed by atoms with Gasteiger partial charge in [-0.2, -0.15) is 0 Å².